The lowest BCUT2D eigenvalue weighted by molar-refractivity contribution is 0.631. The van der Waals surface area contributed by atoms with Gasteiger partial charge in [-0.1, -0.05) is 66.7 Å². The molecule has 0 aliphatic rings. The standard InChI is InChI=1S/C30H26NO2P/c1-4-31(24-14-6-5-7-15-24)34-32-29-20(2)18-22-12-8-10-16-25(22)27(29)28-26-17-11-9-13-23(26)19-21(3)30(28)33-34/h5-19H,4H2,1-3H3. The molecule has 0 fully saturated rings. The van der Waals surface area contributed by atoms with E-state index in [-0.39, 0.29) is 0 Å². The van der Waals surface area contributed by atoms with E-state index in [0.717, 1.165) is 45.3 Å². The van der Waals surface area contributed by atoms with Crippen LogP contribution in [0.2, 0.25) is 0 Å². The molecular formula is C30H26NO2P. The molecule has 0 amide bonds. The minimum Gasteiger partial charge on any atom is -0.403 e. The van der Waals surface area contributed by atoms with Crippen molar-refractivity contribution in [2.75, 3.05) is 11.2 Å². The third kappa shape index (κ3) is 3.28. The second kappa shape index (κ2) is 8.27. The highest BCUT2D eigenvalue weighted by atomic mass is 31.1. The molecule has 168 valence electrons. The van der Waals surface area contributed by atoms with Gasteiger partial charge in [0.1, 0.15) is 11.2 Å². The Morgan fingerprint density at radius 3 is 1.62 bits per heavy atom. The Morgan fingerprint density at radius 1 is 0.647 bits per heavy atom. The molecule has 0 N–H and O–H groups in total. The van der Waals surface area contributed by atoms with Gasteiger partial charge in [0.05, 0.1) is 0 Å². The van der Waals surface area contributed by atoms with E-state index in [1.165, 1.54) is 21.5 Å². The summed E-state index contributed by atoms with van der Waals surface area (Å²) in [5.74, 6) is 0. The number of anilines is 1. The van der Waals surface area contributed by atoms with E-state index in [2.05, 4.69) is 110 Å². The largest absolute Gasteiger partial charge is 0.403 e. The minimum atomic E-state index is -1.42. The topological polar surface area (TPSA) is 29.5 Å². The predicted molar refractivity (Wildman–Crippen MR) is 146 cm³/mol. The normalized spacial score (nSPS) is 11.5. The second-order valence-corrected chi connectivity index (χ2v) is 10.0. The molecule has 4 heteroatoms. The summed E-state index contributed by atoms with van der Waals surface area (Å²) in [7, 11) is -1.42. The van der Waals surface area contributed by atoms with Gasteiger partial charge in [0, 0.05) is 23.0 Å². The van der Waals surface area contributed by atoms with E-state index in [1.807, 2.05) is 6.07 Å². The van der Waals surface area contributed by atoms with Crippen molar-refractivity contribution in [3.8, 4) is 0 Å². The SMILES string of the molecule is CCN(c1ccccc1)p1oc2c(C)cc3ccccc3c2c2c(o1)c(C)cc1ccccc12. The van der Waals surface area contributed by atoms with Gasteiger partial charge in [-0.05, 0) is 77.7 Å². The molecular weight excluding hydrogens is 437 g/mol. The molecule has 0 spiro atoms. The van der Waals surface area contributed by atoms with Crippen molar-refractivity contribution < 1.29 is 8.39 Å². The molecule has 0 saturated carbocycles. The Bertz CT molecular complexity index is 1620. The van der Waals surface area contributed by atoms with Crippen molar-refractivity contribution in [2.45, 2.75) is 20.8 Å². The van der Waals surface area contributed by atoms with Crippen LogP contribution >= 0.6 is 8.16 Å². The zero-order chi connectivity index (χ0) is 23.2. The molecule has 0 aliphatic carbocycles. The van der Waals surface area contributed by atoms with E-state index in [0.29, 0.717) is 0 Å². The lowest BCUT2D eigenvalue weighted by atomic mass is 9.95. The Balaban J connectivity index is 1.89. The first-order valence-corrected chi connectivity index (χ1v) is 12.8. The first-order chi connectivity index (χ1) is 16.7. The van der Waals surface area contributed by atoms with E-state index >= 15 is 0 Å². The quantitative estimate of drug-likeness (QED) is 0.262. The van der Waals surface area contributed by atoms with Gasteiger partial charge in [-0.15, -0.1) is 0 Å². The summed E-state index contributed by atoms with van der Waals surface area (Å²) >= 11 is 0. The van der Waals surface area contributed by atoms with Crippen molar-refractivity contribution >= 4 is 57.3 Å². The Morgan fingerprint density at radius 2 is 1.12 bits per heavy atom. The first-order valence-electron chi connectivity index (χ1n) is 11.7. The third-order valence-corrected chi connectivity index (χ3v) is 8.10. The zero-order valence-corrected chi connectivity index (χ0v) is 20.5. The van der Waals surface area contributed by atoms with Gasteiger partial charge < -0.3 is 8.39 Å². The number of benzene rings is 5. The highest BCUT2D eigenvalue weighted by molar-refractivity contribution is 7.39. The highest BCUT2D eigenvalue weighted by Gasteiger charge is 2.19. The number of fused-ring (bicyclic) bond motifs is 7. The van der Waals surface area contributed by atoms with Crippen LogP contribution in [0.3, 0.4) is 0 Å². The molecule has 1 aromatic heterocycles. The molecule has 0 saturated heterocycles. The lowest BCUT2D eigenvalue weighted by Crippen LogP contribution is -2.11. The van der Waals surface area contributed by atoms with Crippen molar-refractivity contribution in [3.05, 3.63) is 102 Å². The summed E-state index contributed by atoms with van der Waals surface area (Å²) in [5, 5.41) is 7.03. The van der Waals surface area contributed by atoms with Crippen LogP contribution in [-0.4, -0.2) is 6.54 Å². The molecule has 1 heterocycles. The van der Waals surface area contributed by atoms with Crippen LogP contribution in [0.1, 0.15) is 18.1 Å². The molecule has 5 aromatic carbocycles. The van der Waals surface area contributed by atoms with Crippen LogP contribution in [0.15, 0.2) is 99.4 Å². The van der Waals surface area contributed by atoms with Crippen molar-refractivity contribution in [1.82, 2.24) is 0 Å². The maximum absolute atomic E-state index is 6.86. The average molecular weight is 464 g/mol. The third-order valence-electron chi connectivity index (χ3n) is 6.51. The number of nitrogens with zero attached hydrogens (tertiary/aromatic N) is 1. The van der Waals surface area contributed by atoms with Crippen molar-refractivity contribution in [2.24, 2.45) is 0 Å². The molecule has 0 bridgehead atoms. The van der Waals surface area contributed by atoms with Gasteiger partial charge in [0.2, 0.25) is 0 Å². The van der Waals surface area contributed by atoms with Gasteiger partial charge in [-0.3, -0.25) is 4.67 Å². The van der Waals surface area contributed by atoms with E-state index in [9.17, 15) is 0 Å². The van der Waals surface area contributed by atoms with Crippen LogP contribution in [-0.2, 0) is 0 Å². The van der Waals surface area contributed by atoms with Gasteiger partial charge in [-0.25, -0.2) is 0 Å². The van der Waals surface area contributed by atoms with Crippen LogP contribution in [0, 0.1) is 13.8 Å². The van der Waals surface area contributed by atoms with Gasteiger partial charge in [-0.2, -0.15) is 0 Å². The number of hydrogen-bond donors (Lipinski definition) is 0. The Labute approximate surface area is 199 Å². The van der Waals surface area contributed by atoms with E-state index < -0.39 is 8.16 Å². The number of hydrogen-bond acceptors (Lipinski definition) is 3. The number of rotatable bonds is 3. The molecule has 3 nitrogen and oxygen atoms in total. The molecule has 0 atom stereocenters. The molecule has 6 rings (SSSR count). The fraction of sp³-hybridized carbons (Fsp3) is 0.133. The Hall–Kier alpha value is -3.68. The average Bonchev–Trinajstić information content (AvgIpc) is 3.04. The number of aryl methyl sites for hydroxylation is 2. The van der Waals surface area contributed by atoms with Crippen LogP contribution < -0.4 is 4.67 Å². The van der Waals surface area contributed by atoms with E-state index in [4.69, 9.17) is 8.39 Å². The summed E-state index contributed by atoms with van der Waals surface area (Å²) in [6.45, 7) is 7.20. The summed E-state index contributed by atoms with van der Waals surface area (Å²) in [4.78, 5) is 0. The molecule has 0 unspecified atom stereocenters. The number of para-hydroxylation sites is 1. The molecule has 34 heavy (non-hydrogen) atoms. The second-order valence-electron chi connectivity index (χ2n) is 8.71. The van der Waals surface area contributed by atoms with Gasteiger partial charge in [0.25, 0.3) is 0 Å². The Kier molecular flexibility index (Phi) is 5.08. The zero-order valence-electron chi connectivity index (χ0n) is 19.6. The fourth-order valence-electron chi connectivity index (χ4n) is 4.94. The smallest absolute Gasteiger partial charge is 0.341 e. The van der Waals surface area contributed by atoms with E-state index in [1.54, 1.807) is 0 Å². The van der Waals surface area contributed by atoms with Gasteiger partial charge in [0.15, 0.2) is 0 Å². The maximum Gasteiger partial charge on any atom is 0.341 e. The van der Waals surface area contributed by atoms with Crippen LogP contribution in [0.5, 0.6) is 0 Å². The summed E-state index contributed by atoms with van der Waals surface area (Å²) < 4.78 is 16.0. The predicted octanol–water partition coefficient (Wildman–Crippen LogP) is 9.50. The monoisotopic (exact) mass is 463 g/mol. The molecule has 0 aliphatic heterocycles. The van der Waals surface area contributed by atoms with Crippen LogP contribution in [0.25, 0.3) is 43.5 Å². The fourth-order valence-corrected chi connectivity index (χ4v) is 6.51. The summed E-state index contributed by atoms with van der Waals surface area (Å²) in [6, 6.07) is 32.0. The minimum absolute atomic E-state index is 0.777. The summed E-state index contributed by atoms with van der Waals surface area (Å²) in [6.07, 6.45) is 0. The van der Waals surface area contributed by atoms with Crippen LogP contribution in [0.4, 0.5) is 5.69 Å². The van der Waals surface area contributed by atoms with Gasteiger partial charge >= 0.3 is 8.16 Å². The lowest BCUT2D eigenvalue weighted by Gasteiger charge is -2.18. The van der Waals surface area contributed by atoms with Crippen molar-refractivity contribution in [3.63, 3.8) is 0 Å². The van der Waals surface area contributed by atoms with Crippen molar-refractivity contribution in [1.29, 1.82) is 0 Å². The first kappa shape index (κ1) is 20.9. The summed E-state index contributed by atoms with van der Waals surface area (Å²) in [5.41, 5.74) is 5.15. The maximum atomic E-state index is 6.86. The molecule has 0 radical (unpaired) electrons. The molecule has 6 aromatic rings. The highest BCUT2D eigenvalue weighted by Crippen LogP contribution is 2.45.